The van der Waals surface area contributed by atoms with Gasteiger partial charge in [-0.2, -0.15) is 0 Å². The molecule has 102 valence electrons. The molecule has 1 aliphatic carbocycles. The van der Waals surface area contributed by atoms with Crippen LogP contribution in [0.5, 0.6) is 0 Å². The van der Waals surface area contributed by atoms with E-state index in [4.69, 9.17) is 0 Å². The van der Waals surface area contributed by atoms with Crippen molar-refractivity contribution in [3.05, 3.63) is 35.4 Å². The lowest BCUT2D eigenvalue weighted by Gasteiger charge is -2.12. The van der Waals surface area contributed by atoms with Gasteiger partial charge in [0, 0.05) is 11.6 Å². The molecule has 0 spiro atoms. The van der Waals surface area contributed by atoms with Crippen LogP contribution in [0.25, 0.3) is 0 Å². The molecule has 1 aromatic rings. The highest BCUT2D eigenvalue weighted by Gasteiger charge is 2.17. The predicted molar refractivity (Wildman–Crippen MR) is 73.9 cm³/mol. The highest BCUT2D eigenvalue weighted by Crippen LogP contribution is 2.17. The summed E-state index contributed by atoms with van der Waals surface area (Å²) in [6.45, 7) is 1.93. The van der Waals surface area contributed by atoms with Gasteiger partial charge >= 0.3 is 0 Å². The van der Waals surface area contributed by atoms with Crippen molar-refractivity contribution in [3.63, 3.8) is 0 Å². The number of amides is 2. The molecule has 1 aliphatic rings. The summed E-state index contributed by atoms with van der Waals surface area (Å²) in [4.78, 5) is 23.6. The molecule has 0 heterocycles. The number of benzene rings is 1. The number of rotatable bonds is 4. The molecule has 0 radical (unpaired) electrons. The maximum Gasteiger partial charge on any atom is 0.251 e. The molecule has 4 heteroatoms. The van der Waals surface area contributed by atoms with E-state index < -0.39 is 0 Å². The Hall–Kier alpha value is -1.84. The SMILES string of the molecule is Cc1ccccc1C(=O)NCC(=O)NC1CCCC1. The van der Waals surface area contributed by atoms with Crippen molar-refractivity contribution in [3.8, 4) is 0 Å². The molecule has 0 bridgehead atoms. The van der Waals surface area contributed by atoms with Gasteiger partial charge in [-0.05, 0) is 31.4 Å². The molecule has 2 rings (SSSR count). The summed E-state index contributed by atoms with van der Waals surface area (Å²) in [5.74, 6) is -0.298. The maximum absolute atomic E-state index is 11.9. The van der Waals surface area contributed by atoms with Crippen LogP contribution in [0.4, 0.5) is 0 Å². The smallest absolute Gasteiger partial charge is 0.251 e. The van der Waals surface area contributed by atoms with Gasteiger partial charge in [0.1, 0.15) is 0 Å². The fourth-order valence-electron chi connectivity index (χ4n) is 2.43. The number of hydrogen-bond acceptors (Lipinski definition) is 2. The quantitative estimate of drug-likeness (QED) is 0.867. The number of aryl methyl sites for hydroxylation is 1. The average molecular weight is 260 g/mol. The Labute approximate surface area is 113 Å². The maximum atomic E-state index is 11.9. The largest absolute Gasteiger partial charge is 0.352 e. The number of nitrogens with one attached hydrogen (secondary N) is 2. The first kappa shape index (κ1) is 13.6. The van der Waals surface area contributed by atoms with Crippen LogP contribution in [0.2, 0.25) is 0 Å². The van der Waals surface area contributed by atoms with Gasteiger partial charge in [0.15, 0.2) is 0 Å². The van der Waals surface area contributed by atoms with Crippen LogP contribution in [0.15, 0.2) is 24.3 Å². The summed E-state index contributed by atoms with van der Waals surface area (Å²) in [5.41, 5.74) is 1.53. The summed E-state index contributed by atoms with van der Waals surface area (Å²) in [7, 11) is 0. The van der Waals surface area contributed by atoms with Gasteiger partial charge in [-0.25, -0.2) is 0 Å². The standard InChI is InChI=1S/C15H20N2O2/c1-11-6-2-5-9-13(11)15(19)16-10-14(18)17-12-7-3-4-8-12/h2,5-6,9,12H,3-4,7-8,10H2,1H3,(H,16,19)(H,17,18). The lowest BCUT2D eigenvalue weighted by molar-refractivity contribution is -0.120. The van der Waals surface area contributed by atoms with E-state index in [9.17, 15) is 9.59 Å². The van der Waals surface area contributed by atoms with Crippen LogP contribution in [0, 0.1) is 6.92 Å². The molecular weight excluding hydrogens is 240 g/mol. The van der Waals surface area contributed by atoms with Gasteiger partial charge in [-0.15, -0.1) is 0 Å². The molecule has 2 amide bonds. The van der Waals surface area contributed by atoms with Crippen molar-refractivity contribution in [2.24, 2.45) is 0 Å². The first-order valence-corrected chi connectivity index (χ1v) is 6.80. The third-order valence-corrected chi connectivity index (χ3v) is 3.52. The Morgan fingerprint density at radius 3 is 2.58 bits per heavy atom. The zero-order chi connectivity index (χ0) is 13.7. The van der Waals surface area contributed by atoms with Crippen molar-refractivity contribution in [2.45, 2.75) is 38.6 Å². The fourth-order valence-corrected chi connectivity index (χ4v) is 2.43. The lowest BCUT2D eigenvalue weighted by atomic mass is 10.1. The van der Waals surface area contributed by atoms with Gasteiger partial charge in [0.2, 0.25) is 5.91 Å². The summed E-state index contributed by atoms with van der Waals surface area (Å²) in [5, 5.41) is 5.61. The highest BCUT2D eigenvalue weighted by molar-refractivity contribution is 5.97. The van der Waals surface area contributed by atoms with E-state index in [0.717, 1.165) is 18.4 Å². The monoisotopic (exact) mass is 260 g/mol. The second kappa shape index (κ2) is 6.36. The molecule has 0 aromatic heterocycles. The highest BCUT2D eigenvalue weighted by atomic mass is 16.2. The van der Waals surface area contributed by atoms with Crippen LogP contribution in [-0.4, -0.2) is 24.4 Å². The Bertz CT molecular complexity index is 465. The third-order valence-electron chi connectivity index (χ3n) is 3.52. The first-order valence-electron chi connectivity index (χ1n) is 6.80. The number of hydrogen-bond donors (Lipinski definition) is 2. The molecule has 1 aromatic carbocycles. The van der Waals surface area contributed by atoms with E-state index in [1.807, 2.05) is 25.1 Å². The Kier molecular flexibility index (Phi) is 4.55. The molecule has 0 saturated heterocycles. The van der Waals surface area contributed by atoms with Crippen LogP contribution in [0.3, 0.4) is 0 Å². The van der Waals surface area contributed by atoms with Crippen LogP contribution in [-0.2, 0) is 4.79 Å². The first-order chi connectivity index (χ1) is 9.16. The molecule has 2 N–H and O–H groups in total. The summed E-state index contributed by atoms with van der Waals surface area (Å²) in [6, 6.07) is 7.65. The molecule has 0 aliphatic heterocycles. The van der Waals surface area contributed by atoms with E-state index in [-0.39, 0.29) is 18.4 Å². The fraction of sp³-hybridized carbons (Fsp3) is 0.467. The van der Waals surface area contributed by atoms with Gasteiger partial charge in [-0.1, -0.05) is 31.0 Å². The molecule has 19 heavy (non-hydrogen) atoms. The van der Waals surface area contributed by atoms with Crippen molar-refractivity contribution >= 4 is 11.8 Å². The van der Waals surface area contributed by atoms with Gasteiger partial charge in [0.05, 0.1) is 6.54 Å². The molecule has 0 unspecified atom stereocenters. The van der Waals surface area contributed by atoms with Crippen LogP contribution in [0.1, 0.15) is 41.6 Å². The van der Waals surface area contributed by atoms with Crippen LogP contribution < -0.4 is 10.6 Å². The zero-order valence-electron chi connectivity index (χ0n) is 11.2. The Morgan fingerprint density at radius 2 is 1.89 bits per heavy atom. The van der Waals surface area contributed by atoms with Crippen molar-refractivity contribution in [1.29, 1.82) is 0 Å². The van der Waals surface area contributed by atoms with Gasteiger partial charge in [-0.3, -0.25) is 9.59 Å². The van der Waals surface area contributed by atoms with E-state index in [1.165, 1.54) is 12.8 Å². The molecular formula is C15H20N2O2. The third kappa shape index (κ3) is 3.81. The summed E-state index contributed by atoms with van der Waals surface area (Å²) >= 11 is 0. The van der Waals surface area contributed by atoms with Crippen molar-refractivity contribution in [2.75, 3.05) is 6.54 Å². The molecule has 1 saturated carbocycles. The Morgan fingerprint density at radius 1 is 1.21 bits per heavy atom. The summed E-state index contributed by atoms with van der Waals surface area (Å²) in [6.07, 6.45) is 4.47. The Balaban J connectivity index is 1.80. The van der Waals surface area contributed by atoms with Crippen LogP contribution >= 0.6 is 0 Å². The minimum atomic E-state index is -0.195. The van der Waals surface area contributed by atoms with E-state index in [2.05, 4.69) is 10.6 Å². The minimum absolute atomic E-state index is 0.0453. The number of carbonyl (C=O) groups excluding carboxylic acids is 2. The van der Waals surface area contributed by atoms with Crippen molar-refractivity contribution in [1.82, 2.24) is 10.6 Å². The topological polar surface area (TPSA) is 58.2 Å². The zero-order valence-corrected chi connectivity index (χ0v) is 11.2. The van der Waals surface area contributed by atoms with E-state index in [0.29, 0.717) is 11.6 Å². The van der Waals surface area contributed by atoms with Crippen molar-refractivity contribution < 1.29 is 9.59 Å². The van der Waals surface area contributed by atoms with E-state index in [1.54, 1.807) is 6.07 Å². The minimum Gasteiger partial charge on any atom is -0.352 e. The average Bonchev–Trinajstić information content (AvgIpc) is 2.89. The van der Waals surface area contributed by atoms with Gasteiger partial charge in [0.25, 0.3) is 5.91 Å². The molecule has 0 atom stereocenters. The second-order valence-corrected chi connectivity index (χ2v) is 5.05. The van der Waals surface area contributed by atoms with Gasteiger partial charge < -0.3 is 10.6 Å². The number of carbonyl (C=O) groups is 2. The summed E-state index contributed by atoms with van der Waals surface area (Å²) < 4.78 is 0. The predicted octanol–water partition coefficient (Wildman–Crippen LogP) is 1.78. The second-order valence-electron chi connectivity index (χ2n) is 5.05. The normalized spacial score (nSPS) is 15.2. The molecule has 4 nitrogen and oxygen atoms in total. The lowest BCUT2D eigenvalue weighted by Crippen LogP contribution is -2.41. The van der Waals surface area contributed by atoms with E-state index >= 15 is 0 Å². The molecule has 1 fully saturated rings.